The zero-order chi connectivity index (χ0) is 15.2. The standard InChI is InChI=1S/C17H17ClN2O/c1-12(15-3-2-4-16(18)9-15)20-11-17(21)14-7-5-13(10-19)6-8-14/h2-9,12,17,20-21H,11H2,1H3/t12-,17?/m1/s1. The molecule has 0 spiro atoms. The summed E-state index contributed by atoms with van der Waals surface area (Å²) in [6.45, 7) is 2.46. The van der Waals surface area contributed by atoms with Gasteiger partial charge in [-0.2, -0.15) is 5.26 Å². The third-order valence-corrected chi connectivity index (χ3v) is 3.63. The smallest absolute Gasteiger partial charge is 0.0991 e. The van der Waals surface area contributed by atoms with Crippen molar-refractivity contribution >= 4 is 11.6 Å². The number of hydrogen-bond donors (Lipinski definition) is 2. The lowest BCUT2D eigenvalue weighted by Crippen LogP contribution is -2.24. The summed E-state index contributed by atoms with van der Waals surface area (Å²) in [5.74, 6) is 0. The number of hydrogen-bond acceptors (Lipinski definition) is 3. The van der Waals surface area contributed by atoms with E-state index in [1.807, 2.05) is 31.2 Å². The van der Waals surface area contributed by atoms with Gasteiger partial charge >= 0.3 is 0 Å². The van der Waals surface area contributed by atoms with E-state index in [1.165, 1.54) is 0 Å². The summed E-state index contributed by atoms with van der Waals surface area (Å²) in [6.07, 6.45) is -0.612. The first kappa shape index (κ1) is 15.5. The number of benzene rings is 2. The van der Waals surface area contributed by atoms with Gasteiger partial charge in [-0.25, -0.2) is 0 Å². The molecule has 2 N–H and O–H groups in total. The van der Waals surface area contributed by atoms with Crippen LogP contribution in [-0.2, 0) is 0 Å². The third kappa shape index (κ3) is 4.30. The van der Waals surface area contributed by atoms with Crippen molar-refractivity contribution in [2.24, 2.45) is 0 Å². The van der Waals surface area contributed by atoms with Gasteiger partial charge in [0.15, 0.2) is 0 Å². The Hall–Kier alpha value is -1.86. The van der Waals surface area contributed by atoms with E-state index in [-0.39, 0.29) is 6.04 Å². The summed E-state index contributed by atoms with van der Waals surface area (Å²) in [5, 5.41) is 22.9. The van der Waals surface area contributed by atoms with Gasteiger partial charge in [0.2, 0.25) is 0 Å². The molecule has 3 nitrogen and oxygen atoms in total. The Morgan fingerprint density at radius 3 is 2.52 bits per heavy atom. The Labute approximate surface area is 129 Å². The van der Waals surface area contributed by atoms with Crippen molar-refractivity contribution in [3.05, 3.63) is 70.2 Å². The first-order valence-corrected chi connectivity index (χ1v) is 7.15. The topological polar surface area (TPSA) is 56.0 Å². The van der Waals surface area contributed by atoms with Crippen LogP contribution in [0.2, 0.25) is 5.02 Å². The molecule has 4 heteroatoms. The lowest BCUT2D eigenvalue weighted by Gasteiger charge is -2.18. The molecule has 21 heavy (non-hydrogen) atoms. The van der Waals surface area contributed by atoms with Crippen LogP contribution < -0.4 is 5.32 Å². The molecule has 0 aliphatic rings. The average Bonchev–Trinajstić information content (AvgIpc) is 2.52. The minimum absolute atomic E-state index is 0.0942. The van der Waals surface area contributed by atoms with Crippen LogP contribution in [0.3, 0.4) is 0 Å². The van der Waals surface area contributed by atoms with E-state index in [9.17, 15) is 5.11 Å². The summed E-state index contributed by atoms with van der Waals surface area (Å²) >= 11 is 5.97. The van der Waals surface area contributed by atoms with Crippen molar-refractivity contribution in [1.29, 1.82) is 5.26 Å². The zero-order valence-electron chi connectivity index (χ0n) is 11.8. The highest BCUT2D eigenvalue weighted by Gasteiger charge is 2.11. The van der Waals surface area contributed by atoms with Gasteiger partial charge in [-0.1, -0.05) is 35.9 Å². The molecule has 0 saturated heterocycles. The SMILES string of the molecule is C[C@@H](NCC(O)c1ccc(C#N)cc1)c1cccc(Cl)c1. The number of rotatable bonds is 5. The van der Waals surface area contributed by atoms with Crippen LogP contribution in [-0.4, -0.2) is 11.7 Å². The highest BCUT2D eigenvalue weighted by atomic mass is 35.5. The van der Waals surface area contributed by atoms with E-state index in [0.29, 0.717) is 17.1 Å². The fourth-order valence-corrected chi connectivity index (χ4v) is 2.28. The van der Waals surface area contributed by atoms with E-state index in [2.05, 4.69) is 11.4 Å². The van der Waals surface area contributed by atoms with Crippen LogP contribution in [0.5, 0.6) is 0 Å². The Bertz CT molecular complexity index is 634. The summed E-state index contributed by atoms with van der Waals surface area (Å²) < 4.78 is 0. The summed E-state index contributed by atoms with van der Waals surface area (Å²) in [7, 11) is 0. The number of aliphatic hydroxyl groups excluding tert-OH is 1. The Morgan fingerprint density at radius 1 is 1.19 bits per heavy atom. The van der Waals surface area contributed by atoms with Crippen LogP contribution in [0.1, 0.15) is 35.8 Å². The number of nitriles is 1. The van der Waals surface area contributed by atoms with Crippen LogP contribution in [0.4, 0.5) is 0 Å². The van der Waals surface area contributed by atoms with Gasteiger partial charge < -0.3 is 10.4 Å². The Balaban J connectivity index is 1.94. The lowest BCUT2D eigenvalue weighted by molar-refractivity contribution is 0.171. The first-order valence-electron chi connectivity index (χ1n) is 6.77. The van der Waals surface area contributed by atoms with E-state index < -0.39 is 6.10 Å². The van der Waals surface area contributed by atoms with Crippen molar-refractivity contribution in [3.63, 3.8) is 0 Å². The Kier molecular flexibility index (Phi) is 5.35. The molecule has 2 atom stereocenters. The molecule has 0 amide bonds. The summed E-state index contributed by atoms with van der Waals surface area (Å²) in [6, 6.07) is 16.8. The summed E-state index contributed by atoms with van der Waals surface area (Å²) in [4.78, 5) is 0. The molecule has 0 bridgehead atoms. The maximum atomic E-state index is 10.2. The van der Waals surface area contributed by atoms with Gasteiger partial charge in [0.25, 0.3) is 0 Å². The van der Waals surface area contributed by atoms with Crippen molar-refractivity contribution < 1.29 is 5.11 Å². The minimum Gasteiger partial charge on any atom is -0.387 e. The number of nitrogens with zero attached hydrogens (tertiary/aromatic N) is 1. The summed E-state index contributed by atoms with van der Waals surface area (Å²) in [5.41, 5.74) is 2.46. The van der Waals surface area contributed by atoms with Gasteiger partial charge in [0.05, 0.1) is 17.7 Å². The molecule has 2 aromatic rings. The van der Waals surface area contributed by atoms with E-state index in [4.69, 9.17) is 16.9 Å². The predicted molar refractivity (Wildman–Crippen MR) is 84.0 cm³/mol. The van der Waals surface area contributed by atoms with E-state index >= 15 is 0 Å². The van der Waals surface area contributed by atoms with Crippen LogP contribution in [0, 0.1) is 11.3 Å². The highest BCUT2D eigenvalue weighted by Crippen LogP contribution is 2.19. The maximum absolute atomic E-state index is 10.2. The van der Waals surface area contributed by atoms with Crippen LogP contribution in [0.25, 0.3) is 0 Å². The van der Waals surface area contributed by atoms with Gasteiger partial charge in [0, 0.05) is 17.6 Å². The fourth-order valence-electron chi connectivity index (χ4n) is 2.08. The largest absolute Gasteiger partial charge is 0.387 e. The normalized spacial score (nSPS) is 13.4. The Morgan fingerprint density at radius 2 is 1.90 bits per heavy atom. The molecule has 0 heterocycles. The van der Waals surface area contributed by atoms with E-state index in [1.54, 1.807) is 24.3 Å². The van der Waals surface area contributed by atoms with Crippen LogP contribution in [0.15, 0.2) is 48.5 Å². The molecule has 0 aromatic heterocycles. The highest BCUT2D eigenvalue weighted by molar-refractivity contribution is 6.30. The lowest BCUT2D eigenvalue weighted by atomic mass is 10.1. The molecule has 0 aliphatic carbocycles. The molecule has 0 aliphatic heterocycles. The van der Waals surface area contributed by atoms with Gasteiger partial charge in [-0.15, -0.1) is 0 Å². The maximum Gasteiger partial charge on any atom is 0.0991 e. The molecule has 2 aromatic carbocycles. The second-order valence-electron chi connectivity index (χ2n) is 4.93. The monoisotopic (exact) mass is 300 g/mol. The molecule has 0 fully saturated rings. The second-order valence-corrected chi connectivity index (χ2v) is 5.37. The molecule has 0 radical (unpaired) electrons. The van der Waals surface area contributed by atoms with Gasteiger partial charge in [-0.05, 0) is 42.3 Å². The molecule has 0 saturated carbocycles. The first-order chi connectivity index (χ1) is 10.1. The van der Waals surface area contributed by atoms with E-state index in [0.717, 1.165) is 11.1 Å². The van der Waals surface area contributed by atoms with Gasteiger partial charge in [0.1, 0.15) is 0 Å². The number of aliphatic hydroxyl groups is 1. The third-order valence-electron chi connectivity index (χ3n) is 3.39. The molecule has 108 valence electrons. The van der Waals surface area contributed by atoms with Crippen molar-refractivity contribution in [2.75, 3.05) is 6.54 Å². The predicted octanol–water partition coefficient (Wildman–Crippen LogP) is 3.60. The average molecular weight is 301 g/mol. The quantitative estimate of drug-likeness (QED) is 0.887. The zero-order valence-corrected chi connectivity index (χ0v) is 12.5. The van der Waals surface area contributed by atoms with Crippen LogP contribution >= 0.6 is 11.6 Å². The molecule has 2 rings (SSSR count). The number of halogens is 1. The minimum atomic E-state index is -0.612. The fraction of sp³-hybridized carbons (Fsp3) is 0.235. The van der Waals surface area contributed by atoms with Crippen molar-refractivity contribution in [3.8, 4) is 6.07 Å². The molecular formula is C17H17ClN2O. The molecule has 1 unspecified atom stereocenters. The molecular weight excluding hydrogens is 284 g/mol. The second kappa shape index (κ2) is 7.24. The number of nitrogens with one attached hydrogen (secondary N) is 1. The van der Waals surface area contributed by atoms with Gasteiger partial charge in [-0.3, -0.25) is 0 Å². The van der Waals surface area contributed by atoms with Crippen molar-refractivity contribution in [2.45, 2.75) is 19.1 Å². The van der Waals surface area contributed by atoms with Crippen molar-refractivity contribution in [1.82, 2.24) is 5.32 Å².